The molecule has 1 saturated heterocycles. The number of hydrogen-bond acceptors (Lipinski definition) is 3. The Morgan fingerprint density at radius 3 is 2.53 bits per heavy atom. The summed E-state index contributed by atoms with van der Waals surface area (Å²) in [6.45, 7) is 10.5. The molecule has 0 aromatic carbocycles. The van der Waals surface area contributed by atoms with Crippen molar-refractivity contribution in [3.05, 3.63) is 0 Å². The first-order chi connectivity index (χ1) is 8.08. The van der Waals surface area contributed by atoms with Gasteiger partial charge in [0.1, 0.15) is 6.61 Å². The minimum atomic E-state index is -0.00743. The van der Waals surface area contributed by atoms with Gasteiger partial charge in [0, 0.05) is 13.1 Å². The van der Waals surface area contributed by atoms with Gasteiger partial charge in [-0.3, -0.25) is 4.79 Å². The molecular weight excluding hydrogens is 216 g/mol. The van der Waals surface area contributed by atoms with Crippen molar-refractivity contribution in [2.45, 2.75) is 39.7 Å². The monoisotopic (exact) mass is 242 g/mol. The van der Waals surface area contributed by atoms with Gasteiger partial charge in [0.2, 0.25) is 5.91 Å². The molecular formula is C13H26N2O2. The van der Waals surface area contributed by atoms with Crippen LogP contribution in [0.3, 0.4) is 0 Å². The highest BCUT2D eigenvalue weighted by molar-refractivity contribution is 5.77. The highest BCUT2D eigenvalue weighted by atomic mass is 16.5. The fourth-order valence-electron chi connectivity index (χ4n) is 2.05. The van der Waals surface area contributed by atoms with Gasteiger partial charge < -0.3 is 15.0 Å². The zero-order valence-electron chi connectivity index (χ0n) is 11.4. The van der Waals surface area contributed by atoms with Gasteiger partial charge in [0.25, 0.3) is 0 Å². The summed E-state index contributed by atoms with van der Waals surface area (Å²) in [6, 6.07) is 0. The number of carbonyl (C=O) groups is 1. The Bertz CT molecular complexity index is 225. The topological polar surface area (TPSA) is 41.6 Å². The molecule has 0 saturated carbocycles. The minimum absolute atomic E-state index is 0.00743. The highest BCUT2D eigenvalue weighted by Gasteiger charge is 2.15. The average Bonchev–Trinajstić information content (AvgIpc) is 2.76. The van der Waals surface area contributed by atoms with Crippen LogP contribution in [0.5, 0.6) is 0 Å². The number of likely N-dealkylation sites (tertiary alicyclic amines) is 1. The Labute approximate surface area is 105 Å². The van der Waals surface area contributed by atoms with Crippen LogP contribution >= 0.6 is 0 Å². The van der Waals surface area contributed by atoms with Gasteiger partial charge in [-0.15, -0.1) is 0 Å². The van der Waals surface area contributed by atoms with Crippen LogP contribution in [0.15, 0.2) is 0 Å². The number of ether oxygens (including phenoxy) is 1. The van der Waals surface area contributed by atoms with E-state index in [4.69, 9.17) is 4.74 Å². The Morgan fingerprint density at radius 2 is 1.94 bits per heavy atom. The molecule has 0 aromatic heterocycles. The van der Waals surface area contributed by atoms with Gasteiger partial charge in [-0.1, -0.05) is 6.92 Å². The zero-order chi connectivity index (χ0) is 12.7. The summed E-state index contributed by atoms with van der Waals surface area (Å²) in [5.41, 5.74) is 0. The number of nitrogens with one attached hydrogen (secondary N) is 1. The number of nitrogens with zero attached hydrogens (tertiary/aromatic N) is 1. The first-order valence-corrected chi connectivity index (χ1v) is 6.68. The van der Waals surface area contributed by atoms with E-state index in [1.807, 2.05) is 13.8 Å². The first kappa shape index (κ1) is 14.5. The number of amides is 1. The molecule has 0 radical (unpaired) electrons. The quantitative estimate of drug-likeness (QED) is 0.731. The Balaban J connectivity index is 2.05. The fourth-order valence-corrected chi connectivity index (χ4v) is 2.05. The fraction of sp³-hybridized carbons (Fsp3) is 0.923. The lowest BCUT2D eigenvalue weighted by Gasteiger charge is -2.20. The summed E-state index contributed by atoms with van der Waals surface area (Å²) < 4.78 is 5.25. The number of hydrogen-bond donors (Lipinski definition) is 1. The molecule has 1 aliphatic heterocycles. The Hall–Kier alpha value is -0.610. The van der Waals surface area contributed by atoms with Gasteiger partial charge >= 0.3 is 0 Å². The SMILES string of the molecule is CC(CNC(=O)COC(C)C)CN1CCCC1. The van der Waals surface area contributed by atoms with Crippen LogP contribution in [0.4, 0.5) is 0 Å². The molecule has 100 valence electrons. The predicted octanol–water partition coefficient (Wildman–Crippen LogP) is 1.26. The molecule has 1 heterocycles. The molecule has 17 heavy (non-hydrogen) atoms. The van der Waals surface area contributed by atoms with Crippen molar-refractivity contribution in [1.29, 1.82) is 0 Å². The third kappa shape index (κ3) is 6.64. The van der Waals surface area contributed by atoms with Crippen molar-refractivity contribution in [3.63, 3.8) is 0 Å². The molecule has 0 aromatic rings. The normalized spacial score (nSPS) is 18.6. The van der Waals surface area contributed by atoms with E-state index in [1.54, 1.807) is 0 Å². The third-order valence-corrected chi connectivity index (χ3v) is 2.96. The second-order valence-corrected chi connectivity index (χ2v) is 5.28. The first-order valence-electron chi connectivity index (χ1n) is 6.68. The van der Waals surface area contributed by atoms with Crippen molar-refractivity contribution >= 4 is 5.91 Å². The van der Waals surface area contributed by atoms with Crippen LogP contribution in [0, 0.1) is 5.92 Å². The van der Waals surface area contributed by atoms with E-state index in [9.17, 15) is 4.79 Å². The number of rotatable bonds is 7. The van der Waals surface area contributed by atoms with Crippen LogP contribution in [0.2, 0.25) is 0 Å². The molecule has 1 rings (SSSR count). The third-order valence-electron chi connectivity index (χ3n) is 2.96. The van der Waals surface area contributed by atoms with Gasteiger partial charge in [0.05, 0.1) is 6.10 Å². The van der Waals surface area contributed by atoms with Crippen molar-refractivity contribution in [2.75, 3.05) is 32.8 Å². The summed E-state index contributed by atoms with van der Waals surface area (Å²) in [6.07, 6.45) is 2.76. The second kappa shape index (κ2) is 7.67. The molecule has 0 bridgehead atoms. The standard InChI is InChI=1S/C13H26N2O2/c1-11(2)17-10-13(16)14-8-12(3)9-15-6-4-5-7-15/h11-12H,4-10H2,1-3H3,(H,14,16). The lowest BCUT2D eigenvalue weighted by Crippen LogP contribution is -2.36. The molecule has 1 atom stereocenters. The molecule has 1 N–H and O–H groups in total. The minimum Gasteiger partial charge on any atom is -0.369 e. The predicted molar refractivity (Wildman–Crippen MR) is 68.9 cm³/mol. The largest absolute Gasteiger partial charge is 0.369 e. The molecule has 1 aliphatic rings. The number of carbonyl (C=O) groups excluding carboxylic acids is 1. The Morgan fingerprint density at radius 1 is 1.29 bits per heavy atom. The molecule has 0 spiro atoms. The second-order valence-electron chi connectivity index (χ2n) is 5.28. The maximum absolute atomic E-state index is 11.4. The summed E-state index contributed by atoms with van der Waals surface area (Å²) in [5.74, 6) is 0.503. The van der Waals surface area contributed by atoms with E-state index in [0.717, 1.165) is 13.1 Å². The van der Waals surface area contributed by atoms with Crippen LogP contribution in [0.25, 0.3) is 0 Å². The summed E-state index contributed by atoms with van der Waals surface area (Å²) >= 11 is 0. The van der Waals surface area contributed by atoms with Gasteiger partial charge in [-0.25, -0.2) is 0 Å². The van der Waals surface area contributed by atoms with Crippen molar-refractivity contribution in [3.8, 4) is 0 Å². The van der Waals surface area contributed by atoms with E-state index in [1.165, 1.54) is 25.9 Å². The molecule has 1 unspecified atom stereocenters. The summed E-state index contributed by atoms with van der Waals surface area (Å²) in [7, 11) is 0. The lowest BCUT2D eigenvalue weighted by molar-refractivity contribution is -0.127. The smallest absolute Gasteiger partial charge is 0.246 e. The molecule has 4 heteroatoms. The van der Waals surface area contributed by atoms with Gasteiger partial charge in [-0.2, -0.15) is 0 Å². The van der Waals surface area contributed by atoms with Crippen molar-refractivity contribution in [1.82, 2.24) is 10.2 Å². The van der Waals surface area contributed by atoms with Crippen molar-refractivity contribution < 1.29 is 9.53 Å². The Kier molecular flexibility index (Phi) is 6.52. The maximum Gasteiger partial charge on any atom is 0.246 e. The maximum atomic E-state index is 11.4. The lowest BCUT2D eigenvalue weighted by atomic mass is 10.1. The van der Waals surface area contributed by atoms with Crippen LogP contribution in [-0.2, 0) is 9.53 Å². The van der Waals surface area contributed by atoms with Crippen LogP contribution in [-0.4, -0.2) is 49.7 Å². The van der Waals surface area contributed by atoms with E-state index in [-0.39, 0.29) is 18.6 Å². The van der Waals surface area contributed by atoms with Crippen molar-refractivity contribution in [2.24, 2.45) is 5.92 Å². The summed E-state index contributed by atoms with van der Waals surface area (Å²) in [5, 5.41) is 2.92. The molecule has 1 amide bonds. The van der Waals surface area contributed by atoms with E-state index < -0.39 is 0 Å². The van der Waals surface area contributed by atoms with Crippen LogP contribution < -0.4 is 5.32 Å². The van der Waals surface area contributed by atoms with E-state index in [2.05, 4.69) is 17.1 Å². The molecule has 0 aliphatic carbocycles. The zero-order valence-corrected chi connectivity index (χ0v) is 11.4. The summed E-state index contributed by atoms with van der Waals surface area (Å²) in [4.78, 5) is 13.9. The van der Waals surface area contributed by atoms with Crippen LogP contribution in [0.1, 0.15) is 33.6 Å². The van der Waals surface area contributed by atoms with Gasteiger partial charge in [-0.05, 0) is 45.7 Å². The average molecular weight is 242 g/mol. The van der Waals surface area contributed by atoms with Gasteiger partial charge in [0.15, 0.2) is 0 Å². The van der Waals surface area contributed by atoms with E-state index in [0.29, 0.717) is 5.92 Å². The molecule has 1 fully saturated rings. The highest BCUT2D eigenvalue weighted by Crippen LogP contribution is 2.09. The van der Waals surface area contributed by atoms with E-state index >= 15 is 0 Å². The molecule has 4 nitrogen and oxygen atoms in total.